The summed E-state index contributed by atoms with van der Waals surface area (Å²) in [6.07, 6.45) is 7.93. The summed E-state index contributed by atoms with van der Waals surface area (Å²) in [4.78, 5) is 2.62. The zero-order valence-corrected chi connectivity index (χ0v) is 16.7. The van der Waals surface area contributed by atoms with Crippen molar-refractivity contribution in [1.82, 2.24) is 19.2 Å². The first kappa shape index (κ1) is 18.0. The quantitative estimate of drug-likeness (QED) is 0.647. The molecule has 0 bridgehead atoms. The van der Waals surface area contributed by atoms with Gasteiger partial charge in [-0.15, -0.1) is 0 Å². The minimum Gasteiger partial charge on any atom is -0.486 e. The normalized spacial score (nSPS) is 18.0. The second-order valence-electron chi connectivity index (χ2n) is 7.33. The monoisotopic (exact) mass is 392 g/mol. The van der Waals surface area contributed by atoms with Gasteiger partial charge in [0.1, 0.15) is 12.4 Å². The Hall–Kier alpha value is -1.37. The molecule has 2 saturated carbocycles. The van der Waals surface area contributed by atoms with Crippen LogP contribution in [0.15, 0.2) is 24.3 Å². The predicted molar refractivity (Wildman–Crippen MR) is 105 cm³/mol. The van der Waals surface area contributed by atoms with Crippen LogP contribution in [0.1, 0.15) is 44.3 Å². The second-order valence-corrected chi connectivity index (χ2v) is 8.13. The van der Waals surface area contributed by atoms with Crippen LogP contribution in [0.5, 0.6) is 5.75 Å². The minimum absolute atomic E-state index is 0.391. The molecule has 0 unspecified atom stereocenters. The van der Waals surface area contributed by atoms with Gasteiger partial charge in [-0.1, -0.05) is 24.4 Å². The van der Waals surface area contributed by atoms with Crippen molar-refractivity contribution >= 4 is 23.8 Å². The summed E-state index contributed by atoms with van der Waals surface area (Å²) in [6.45, 7) is 1.19. The van der Waals surface area contributed by atoms with Gasteiger partial charge in [0.05, 0.1) is 6.67 Å². The van der Waals surface area contributed by atoms with E-state index < -0.39 is 0 Å². The Balaban J connectivity index is 1.46. The topological polar surface area (TPSA) is 35.2 Å². The first-order valence-electron chi connectivity index (χ1n) is 9.38. The van der Waals surface area contributed by atoms with Gasteiger partial charge in [-0.25, -0.2) is 4.68 Å². The summed E-state index contributed by atoms with van der Waals surface area (Å²) in [5.74, 6) is 1.62. The fourth-order valence-corrected chi connectivity index (χ4v) is 4.09. The highest BCUT2D eigenvalue weighted by atomic mass is 35.5. The number of nitrogens with zero attached hydrogens (tertiary/aromatic N) is 4. The van der Waals surface area contributed by atoms with Gasteiger partial charge in [-0.2, -0.15) is 5.10 Å². The maximum atomic E-state index is 5.92. The molecule has 7 heteroatoms. The Morgan fingerprint density at radius 3 is 2.46 bits per heavy atom. The molecule has 4 rings (SSSR count). The van der Waals surface area contributed by atoms with E-state index in [9.17, 15) is 0 Å². The zero-order chi connectivity index (χ0) is 18.1. The maximum absolute atomic E-state index is 5.92. The van der Waals surface area contributed by atoms with Gasteiger partial charge in [0.25, 0.3) is 0 Å². The molecule has 2 aromatic rings. The lowest BCUT2D eigenvalue weighted by Crippen LogP contribution is -2.37. The number of hydrogen-bond acceptors (Lipinski definition) is 4. The van der Waals surface area contributed by atoms with E-state index in [0.29, 0.717) is 17.7 Å². The van der Waals surface area contributed by atoms with Crippen LogP contribution in [0.25, 0.3) is 0 Å². The van der Waals surface area contributed by atoms with Crippen molar-refractivity contribution in [2.24, 2.45) is 7.05 Å². The fourth-order valence-electron chi connectivity index (χ4n) is 3.76. The lowest BCUT2D eigenvalue weighted by atomic mass is 10.2. The third kappa shape index (κ3) is 3.97. The largest absolute Gasteiger partial charge is 0.486 e. The molecule has 0 spiro atoms. The molecule has 0 amide bonds. The number of ether oxygens (including phenoxy) is 1. The summed E-state index contributed by atoms with van der Waals surface area (Å²) in [6, 6.07) is 8.79. The Bertz CT molecular complexity index is 806. The summed E-state index contributed by atoms with van der Waals surface area (Å²) in [5.41, 5.74) is 0. The number of halogens is 1. The molecule has 2 aliphatic rings. The highest BCUT2D eigenvalue weighted by Gasteiger charge is 2.35. The standard InChI is InChI=1S/C19H25ClN4OS/c1-22-18(12-25-17-10-6-14(20)7-11-17)21-24(19(22)26)13-23(16-8-9-16)15-4-2-3-5-15/h6-7,10-11,15-16H,2-5,8-9,12-13H2,1H3. The van der Waals surface area contributed by atoms with Crippen LogP contribution in [0.3, 0.4) is 0 Å². The van der Waals surface area contributed by atoms with E-state index in [1.165, 1.54) is 38.5 Å². The zero-order valence-electron chi connectivity index (χ0n) is 15.1. The van der Waals surface area contributed by atoms with E-state index in [-0.39, 0.29) is 0 Å². The van der Waals surface area contributed by atoms with Crippen LogP contribution in [0.2, 0.25) is 5.02 Å². The van der Waals surface area contributed by atoms with Crippen molar-refractivity contribution in [1.29, 1.82) is 0 Å². The van der Waals surface area contributed by atoms with Crippen LogP contribution in [-0.2, 0) is 20.3 Å². The van der Waals surface area contributed by atoms with Crippen LogP contribution in [-0.4, -0.2) is 31.3 Å². The number of aromatic nitrogens is 3. The Kier molecular flexibility index (Phi) is 5.34. The smallest absolute Gasteiger partial charge is 0.198 e. The average Bonchev–Trinajstić information content (AvgIpc) is 3.27. The first-order chi connectivity index (χ1) is 12.6. The van der Waals surface area contributed by atoms with Crippen LogP contribution >= 0.6 is 23.8 Å². The van der Waals surface area contributed by atoms with E-state index in [4.69, 9.17) is 33.7 Å². The van der Waals surface area contributed by atoms with Gasteiger partial charge in [-0.05, 0) is 62.2 Å². The molecule has 140 valence electrons. The van der Waals surface area contributed by atoms with Crippen molar-refractivity contribution in [3.8, 4) is 5.75 Å². The van der Waals surface area contributed by atoms with Crippen molar-refractivity contribution in [2.75, 3.05) is 0 Å². The number of benzene rings is 1. The van der Waals surface area contributed by atoms with Crippen molar-refractivity contribution in [3.05, 3.63) is 39.9 Å². The third-order valence-electron chi connectivity index (χ3n) is 5.42. The lowest BCUT2D eigenvalue weighted by Gasteiger charge is -2.28. The molecule has 0 radical (unpaired) electrons. The van der Waals surface area contributed by atoms with Crippen molar-refractivity contribution < 1.29 is 4.74 Å². The summed E-state index contributed by atoms with van der Waals surface area (Å²) in [7, 11) is 1.96. The molecule has 0 saturated heterocycles. The second kappa shape index (κ2) is 7.71. The van der Waals surface area contributed by atoms with Gasteiger partial charge in [0, 0.05) is 24.2 Å². The van der Waals surface area contributed by atoms with E-state index in [2.05, 4.69) is 4.90 Å². The first-order valence-corrected chi connectivity index (χ1v) is 10.2. The lowest BCUT2D eigenvalue weighted by molar-refractivity contribution is 0.133. The average molecular weight is 393 g/mol. The molecule has 2 aliphatic carbocycles. The Labute approximate surface area is 164 Å². The maximum Gasteiger partial charge on any atom is 0.198 e. The fraction of sp³-hybridized carbons (Fsp3) is 0.579. The predicted octanol–water partition coefficient (Wildman–Crippen LogP) is 4.55. The van der Waals surface area contributed by atoms with Crippen LogP contribution < -0.4 is 4.74 Å². The third-order valence-corrected chi connectivity index (χ3v) is 6.16. The van der Waals surface area contributed by atoms with E-state index >= 15 is 0 Å². The molecule has 1 aromatic heterocycles. The van der Waals surface area contributed by atoms with Gasteiger partial charge in [0.15, 0.2) is 10.6 Å². The molecule has 1 aromatic carbocycles. The van der Waals surface area contributed by atoms with Gasteiger partial charge in [0.2, 0.25) is 0 Å². The minimum atomic E-state index is 0.391. The molecule has 0 aliphatic heterocycles. The molecular formula is C19H25ClN4OS. The highest BCUT2D eigenvalue weighted by Crippen LogP contribution is 2.34. The number of hydrogen-bond donors (Lipinski definition) is 0. The van der Waals surface area contributed by atoms with Crippen LogP contribution in [0, 0.1) is 4.77 Å². The molecule has 5 nitrogen and oxygen atoms in total. The Morgan fingerprint density at radius 1 is 1.15 bits per heavy atom. The van der Waals surface area contributed by atoms with Gasteiger partial charge in [-0.3, -0.25) is 4.90 Å². The van der Waals surface area contributed by atoms with E-state index in [0.717, 1.165) is 29.1 Å². The van der Waals surface area contributed by atoms with Crippen molar-refractivity contribution in [3.63, 3.8) is 0 Å². The molecule has 26 heavy (non-hydrogen) atoms. The SMILES string of the molecule is Cn1c(COc2ccc(Cl)cc2)nn(CN(C2CCCC2)C2CC2)c1=S. The summed E-state index contributed by atoms with van der Waals surface area (Å²) in [5, 5.41) is 5.45. The summed E-state index contributed by atoms with van der Waals surface area (Å²) >= 11 is 11.5. The van der Waals surface area contributed by atoms with E-state index in [1.54, 1.807) is 0 Å². The highest BCUT2D eigenvalue weighted by molar-refractivity contribution is 7.71. The van der Waals surface area contributed by atoms with Crippen LogP contribution in [0.4, 0.5) is 0 Å². The molecule has 0 N–H and O–H groups in total. The molecule has 0 atom stereocenters. The molecular weight excluding hydrogens is 368 g/mol. The van der Waals surface area contributed by atoms with Gasteiger partial charge < -0.3 is 9.30 Å². The van der Waals surface area contributed by atoms with E-state index in [1.807, 2.05) is 40.6 Å². The summed E-state index contributed by atoms with van der Waals surface area (Å²) < 4.78 is 10.5. The van der Waals surface area contributed by atoms with Crippen molar-refractivity contribution in [2.45, 2.75) is 63.9 Å². The Morgan fingerprint density at radius 2 is 1.81 bits per heavy atom. The molecule has 1 heterocycles. The number of rotatable bonds is 7. The molecule has 2 fully saturated rings. The van der Waals surface area contributed by atoms with Gasteiger partial charge >= 0.3 is 0 Å².